The fourth-order valence-electron chi connectivity index (χ4n) is 2.83. The van der Waals surface area contributed by atoms with Crippen molar-refractivity contribution >= 4 is 33.1 Å². The molecule has 112 valence electrons. The van der Waals surface area contributed by atoms with Crippen LogP contribution >= 0.6 is 27.3 Å². The summed E-state index contributed by atoms with van der Waals surface area (Å²) in [5.74, 6) is 1.01. The predicted molar refractivity (Wildman–Crippen MR) is 90.8 cm³/mol. The molecule has 0 bridgehead atoms. The summed E-state index contributed by atoms with van der Waals surface area (Å²) < 4.78 is 1.21. The van der Waals surface area contributed by atoms with E-state index in [0.29, 0.717) is 6.04 Å². The molecule has 0 aromatic carbocycles. The van der Waals surface area contributed by atoms with Gasteiger partial charge in [-0.1, -0.05) is 0 Å². The summed E-state index contributed by atoms with van der Waals surface area (Å²) in [6, 6.07) is 6.85. The minimum absolute atomic E-state index is 0.525. The Labute approximate surface area is 138 Å². The summed E-state index contributed by atoms with van der Waals surface area (Å²) in [4.78, 5) is 14.6. The quantitative estimate of drug-likeness (QED) is 0.829. The number of likely N-dealkylation sites (tertiary alicyclic amines) is 1. The van der Waals surface area contributed by atoms with Crippen molar-refractivity contribution in [3.8, 4) is 0 Å². The average molecular weight is 367 g/mol. The van der Waals surface area contributed by atoms with Gasteiger partial charge in [-0.05, 0) is 53.5 Å². The third-order valence-corrected chi connectivity index (χ3v) is 5.57. The second-order valence-corrected chi connectivity index (χ2v) is 7.96. The lowest BCUT2D eigenvalue weighted by Crippen LogP contribution is -2.46. The summed E-state index contributed by atoms with van der Waals surface area (Å²) in [5, 5.41) is 0. The minimum Gasteiger partial charge on any atom is -0.355 e. The highest BCUT2D eigenvalue weighted by molar-refractivity contribution is 9.11. The van der Waals surface area contributed by atoms with Crippen molar-refractivity contribution in [3.05, 3.63) is 39.4 Å². The molecule has 6 heteroatoms. The Kier molecular flexibility index (Phi) is 4.87. The maximum Gasteiger partial charge on any atom is 0.131 e. The molecule has 21 heavy (non-hydrogen) atoms. The lowest BCUT2D eigenvalue weighted by atomic mass is 10.0. The van der Waals surface area contributed by atoms with Crippen molar-refractivity contribution in [2.45, 2.75) is 25.4 Å². The molecule has 0 amide bonds. The van der Waals surface area contributed by atoms with E-state index < -0.39 is 0 Å². The van der Waals surface area contributed by atoms with Gasteiger partial charge in [0.05, 0.1) is 3.79 Å². The molecule has 0 N–H and O–H groups in total. The molecule has 1 aliphatic heterocycles. The molecule has 0 saturated carbocycles. The van der Waals surface area contributed by atoms with Gasteiger partial charge in [-0.3, -0.25) is 4.90 Å². The SMILES string of the molecule is CN(c1ccncn1)C1CCCN(Cc2ccc(Br)s2)C1. The molecule has 1 saturated heterocycles. The molecule has 2 aromatic rings. The van der Waals surface area contributed by atoms with Crippen molar-refractivity contribution in [2.75, 3.05) is 25.0 Å². The van der Waals surface area contributed by atoms with Gasteiger partial charge < -0.3 is 4.90 Å². The number of anilines is 1. The number of likely N-dealkylation sites (N-methyl/N-ethyl adjacent to an activating group) is 1. The molecular weight excluding hydrogens is 348 g/mol. The first kappa shape index (κ1) is 14.9. The molecule has 0 radical (unpaired) electrons. The number of halogens is 1. The number of nitrogens with zero attached hydrogens (tertiary/aromatic N) is 4. The number of hydrogen-bond donors (Lipinski definition) is 0. The topological polar surface area (TPSA) is 32.3 Å². The largest absolute Gasteiger partial charge is 0.355 e. The molecule has 3 heterocycles. The molecule has 1 fully saturated rings. The van der Waals surface area contributed by atoms with Crippen molar-refractivity contribution < 1.29 is 0 Å². The van der Waals surface area contributed by atoms with Gasteiger partial charge in [0.2, 0.25) is 0 Å². The number of aromatic nitrogens is 2. The maximum absolute atomic E-state index is 4.36. The summed E-state index contributed by atoms with van der Waals surface area (Å²) in [7, 11) is 2.14. The second-order valence-electron chi connectivity index (χ2n) is 5.42. The van der Waals surface area contributed by atoms with E-state index in [9.17, 15) is 0 Å². The number of hydrogen-bond acceptors (Lipinski definition) is 5. The van der Waals surface area contributed by atoms with Crippen molar-refractivity contribution in [1.29, 1.82) is 0 Å². The van der Waals surface area contributed by atoms with Crippen LogP contribution < -0.4 is 4.90 Å². The Balaban J connectivity index is 1.63. The van der Waals surface area contributed by atoms with Gasteiger partial charge in [0.25, 0.3) is 0 Å². The zero-order valence-corrected chi connectivity index (χ0v) is 14.5. The standard InChI is InChI=1S/C15H19BrN4S/c1-19(15-6-7-17-11-18-15)12-3-2-8-20(9-12)10-13-4-5-14(16)21-13/h4-7,11-12H,2-3,8-10H2,1H3. The lowest BCUT2D eigenvalue weighted by Gasteiger charge is -2.38. The second kappa shape index (κ2) is 6.85. The van der Waals surface area contributed by atoms with Crippen molar-refractivity contribution in [3.63, 3.8) is 0 Å². The van der Waals surface area contributed by atoms with E-state index in [1.165, 1.54) is 28.0 Å². The summed E-state index contributed by atoms with van der Waals surface area (Å²) >= 11 is 5.37. The molecule has 4 nitrogen and oxygen atoms in total. The van der Waals surface area contributed by atoms with Crippen LogP contribution in [0.3, 0.4) is 0 Å². The van der Waals surface area contributed by atoms with Crippen molar-refractivity contribution in [2.24, 2.45) is 0 Å². The molecule has 3 rings (SSSR count). The Bertz CT molecular complexity index is 574. The highest BCUT2D eigenvalue weighted by Crippen LogP contribution is 2.25. The van der Waals surface area contributed by atoms with Crippen LogP contribution in [0.25, 0.3) is 0 Å². The third kappa shape index (κ3) is 3.81. The van der Waals surface area contributed by atoms with E-state index in [0.717, 1.165) is 18.9 Å². The van der Waals surface area contributed by atoms with Crippen LogP contribution in [0.1, 0.15) is 17.7 Å². The zero-order chi connectivity index (χ0) is 14.7. The maximum atomic E-state index is 4.36. The van der Waals surface area contributed by atoms with Crippen LogP contribution in [0, 0.1) is 0 Å². The van der Waals surface area contributed by atoms with Crippen LogP contribution in [0.2, 0.25) is 0 Å². The Morgan fingerprint density at radius 3 is 3.05 bits per heavy atom. The highest BCUT2D eigenvalue weighted by atomic mass is 79.9. The minimum atomic E-state index is 0.525. The fraction of sp³-hybridized carbons (Fsp3) is 0.467. The van der Waals surface area contributed by atoms with Crippen LogP contribution in [0.15, 0.2) is 34.5 Å². The third-order valence-electron chi connectivity index (χ3n) is 3.96. The van der Waals surface area contributed by atoms with Crippen LogP contribution in [-0.2, 0) is 6.54 Å². The van der Waals surface area contributed by atoms with E-state index in [-0.39, 0.29) is 0 Å². The van der Waals surface area contributed by atoms with Crippen LogP contribution in [0.4, 0.5) is 5.82 Å². The molecule has 1 aliphatic rings. The van der Waals surface area contributed by atoms with Gasteiger partial charge in [-0.25, -0.2) is 9.97 Å². The fourth-order valence-corrected chi connectivity index (χ4v) is 4.35. The Hall–Kier alpha value is -0.980. The number of piperidine rings is 1. The molecule has 2 aromatic heterocycles. The lowest BCUT2D eigenvalue weighted by molar-refractivity contribution is 0.200. The molecular formula is C15H19BrN4S. The first-order valence-electron chi connectivity index (χ1n) is 7.18. The predicted octanol–water partition coefficient (Wildman–Crippen LogP) is 3.40. The number of thiophene rings is 1. The summed E-state index contributed by atoms with van der Waals surface area (Å²) in [5.41, 5.74) is 0. The van der Waals surface area contributed by atoms with Crippen LogP contribution in [-0.4, -0.2) is 41.0 Å². The van der Waals surface area contributed by atoms with E-state index in [4.69, 9.17) is 0 Å². The van der Waals surface area contributed by atoms with E-state index in [1.807, 2.05) is 23.6 Å². The monoisotopic (exact) mass is 366 g/mol. The average Bonchev–Trinajstić information content (AvgIpc) is 2.93. The number of rotatable bonds is 4. The molecule has 1 unspecified atom stereocenters. The smallest absolute Gasteiger partial charge is 0.131 e. The van der Waals surface area contributed by atoms with E-state index in [2.05, 4.69) is 54.9 Å². The van der Waals surface area contributed by atoms with Crippen LogP contribution in [0.5, 0.6) is 0 Å². The highest BCUT2D eigenvalue weighted by Gasteiger charge is 2.24. The van der Waals surface area contributed by atoms with Gasteiger partial charge in [-0.15, -0.1) is 11.3 Å². The first-order chi connectivity index (χ1) is 10.2. The van der Waals surface area contributed by atoms with Gasteiger partial charge >= 0.3 is 0 Å². The normalized spacial score (nSPS) is 19.6. The van der Waals surface area contributed by atoms with E-state index in [1.54, 1.807) is 6.33 Å². The van der Waals surface area contributed by atoms with Gasteiger partial charge in [0.15, 0.2) is 0 Å². The van der Waals surface area contributed by atoms with Crippen molar-refractivity contribution in [1.82, 2.24) is 14.9 Å². The van der Waals surface area contributed by atoms with Gasteiger partial charge in [-0.2, -0.15) is 0 Å². The van der Waals surface area contributed by atoms with E-state index >= 15 is 0 Å². The molecule has 0 aliphatic carbocycles. The van der Waals surface area contributed by atoms with Gasteiger partial charge in [0, 0.05) is 37.3 Å². The zero-order valence-electron chi connectivity index (χ0n) is 12.1. The van der Waals surface area contributed by atoms with Gasteiger partial charge in [0.1, 0.15) is 12.1 Å². The summed E-state index contributed by atoms with van der Waals surface area (Å²) in [6.07, 6.45) is 5.90. The Morgan fingerprint density at radius 1 is 1.43 bits per heavy atom. The molecule has 1 atom stereocenters. The molecule has 0 spiro atoms. The Morgan fingerprint density at radius 2 is 2.33 bits per heavy atom. The summed E-state index contributed by atoms with van der Waals surface area (Å²) in [6.45, 7) is 3.32. The first-order valence-corrected chi connectivity index (χ1v) is 8.79.